The Morgan fingerprint density at radius 1 is 1.25 bits per heavy atom. The van der Waals surface area contributed by atoms with Crippen molar-refractivity contribution < 1.29 is 28.7 Å². The maximum Gasteiger partial charge on any atom is 0.328 e. The Bertz CT molecular complexity index is 1130. The molecule has 9 nitrogen and oxygen atoms in total. The molecule has 11 heteroatoms. The van der Waals surface area contributed by atoms with Crippen molar-refractivity contribution in [1.29, 1.82) is 0 Å². The number of rotatable bonds is 11. The summed E-state index contributed by atoms with van der Waals surface area (Å²) in [6.45, 7) is 2.42. The number of allylic oxidation sites excluding steroid dienone is 1. The average molecular weight is 536 g/mol. The number of carboxylic acids is 1. The zero-order chi connectivity index (χ0) is 26.2. The zero-order valence-corrected chi connectivity index (χ0v) is 21.1. The maximum atomic E-state index is 12.8. The molecular formula is C25H27Cl2N3O6. The van der Waals surface area contributed by atoms with Crippen molar-refractivity contribution in [3.05, 3.63) is 63.5 Å². The summed E-state index contributed by atoms with van der Waals surface area (Å²) in [5.41, 5.74) is 0.552. The van der Waals surface area contributed by atoms with Crippen LogP contribution in [0.4, 0.5) is 0 Å². The normalized spacial score (nSPS) is 18.2. The Morgan fingerprint density at radius 3 is 2.56 bits per heavy atom. The lowest BCUT2D eigenvalue weighted by Gasteiger charge is -2.18. The molecule has 1 aromatic carbocycles. The van der Waals surface area contributed by atoms with E-state index in [1.807, 2.05) is 6.92 Å². The third-order valence-electron chi connectivity index (χ3n) is 5.72. The predicted octanol–water partition coefficient (Wildman–Crippen LogP) is 3.10. The lowest BCUT2D eigenvalue weighted by atomic mass is 10.0. The number of carbonyl (C=O) groups is 4. The van der Waals surface area contributed by atoms with Gasteiger partial charge in [0.05, 0.1) is 27.9 Å². The second kappa shape index (κ2) is 12.7. The summed E-state index contributed by atoms with van der Waals surface area (Å²) >= 11 is 12.6. The number of hydrogen-bond acceptors (Lipinski definition) is 6. The second-order valence-corrected chi connectivity index (χ2v) is 9.48. The van der Waals surface area contributed by atoms with Gasteiger partial charge >= 0.3 is 5.97 Å². The van der Waals surface area contributed by atoms with Gasteiger partial charge in [0.1, 0.15) is 11.8 Å². The highest BCUT2D eigenvalue weighted by molar-refractivity contribution is 6.39. The van der Waals surface area contributed by atoms with Crippen molar-refractivity contribution >= 4 is 52.8 Å². The molecule has 0 unspecified atom stereocenters. The molecule has 36 heavy (non-hydrogen) atoms. The summed E-state index contributed by atoms with van der Waals surface area (Å²) in [7, 11) is 0. The summed E-state index contributed by atoms with van der Waals surface area (Å²) < 4.78 is 5.14. The number of benzene rings is 1. The van der Waals surface area contributed by atoms with Crippen LogP contribution >= 0.6 is 23.2 Å². The monoisotopic (exact) mass is 535 g/mol. The molecule has 1 fully saturated rings. The lowest BCUT2D eigenvalue weighted by molar-refractivity contribution is -0.139. The number of halogens is 2. The van der Waals surface area contributed by atoms with Crippen LogP contribution < -0.4 is 16.0 Å². The number of ketones is 1. The van der Waals surface area contributed by atoms with E-state index in [0.717, 1.165) is 0 Å². The SMILES string of the molecule is C[C@H]1CN[C@@H](C(=O)NC[C@H](NC(=O)c2c(Cl)cc(CCC(=O)/C=C/c3ccco3)cc2Cl)C(=O)O)C1. The Balaban J connectivity index is 1.57. The molecule has 192 valence electrons. The van der Waals surface area contributed by atoms with Gasteiger partial charge in [0.25, 0.3) is 5.91 Å². The molecule has 0 spiro atoms. The predicted molar refractivity (Wildman–Crippen MR) is 135 cm³/mol. The minimum Gasteiger partial charge on any atom is -0.480 e. The Hall–Kier alpha value is -3.14. The molecule has 2 heterocycles. The average Bonchev–Trinajstić information content (AvgIpc) is 3.50. The van der Waals surface area contributed by atoms with Crippen molar-refractivity contribution in [2.45, 2.75) is 38.3 Å². The molecule has 1 aromatic heterocycles. The third kappa shape index (κ3) is 7.68. The largest absolute Gasteiger partial charge is 0.480 e. The molecule has 2 aromatic rings. The van der Waals surface area contributed by atoms with Gasteiger partial charge in [-0.25, -0.2) is 4.79 Å². The molecule has 2 amide bonds. The molecule has 3 atom stereocenters. The van der Waals surface area contributed by atoms with E-state index >= 15 is 0 Å². The molecular weight excluding hydrogens is 509 g/mol. The summed E-state index contributed by atoms with van der Waals surface area (Å²) in [6.07, 6.45) is 5.67. The first-order valence-electron chi connectivity index (χ1n) is 11.4. The number of aryl methyl sites for hydroxylation is 1. The van der Waals surface area contributed by atoms with Crippen LogP contribution in [-0.2, 0) is 20.8 Å². The zero-order valence-electron chi connectivity index (χ0n) is 19.6. The van der Waals surface area contributed by atoms with E-state index in [1.165, 1.54) is 24.5 Å². The van der Waals surface area contributed by atoms with E-state index in [-0.39, 0.29) is 40.3 Å². The van der Waals surface area contributed by atoms with E-state index < -0.39 is 24.0 Å². The van der Waals surface area contributed by atoms with Crippen molar-refractivity contribution in [2.75, 3.05) is 13.1 Å². The van der Waals surface area contributed by atoms with Crippen LogP contribution in [-0.4, -0.2) is 53.8 Å². The van der Waals surface area contributed by atoms with Gasteiger partial charge in [-0.15, -0.1) is 0 Å². The Morgan fingerprint density at radius 2 is 1.97 bits per heavy atom. The summed E-state index contributed by atoms with van der Waals surface area (Å²) in [5.74, 6) is -1.65. The summed E-state index contributed by atoms with van der Waals surface area (Å²) in [6, 6.07) is 4.69. The highest BCUT2D eigenvalue weighted by Crippen LogP contribution is 2.27. The van der Waals surface area contributed by atoms with E-state index in [2.05, 4.69) is 16.0 Å². The molecule has 3 rings (SSSR count). The van der Waals surface area contributed by atoms with E-state index in [0.29, 0.717) is 36.6 Å². The summed E-state index contributed by atoms with van der Waals surface area (Å²) in [5, 5.41) is 17.5. The van der Waals surface area contributed by atoms with Gasteiger partial charge in [0, 0.05) is 13.0 Å². The topological polar surface area (TPSA) is 138 Å². The van der Waals surface area contributed by atoms with E-state index in [4.69, 9.17) is 27.6 Å². The van der Waals surface area contributed by atoms with Crippen LogP contribution in [0, 0.1) is 5.92 Å². The highest BCUT2D eigenvalue weighted by atomic mass is 35.5. The van der Waals surface area contributed by atoms with Gasteiger partial charge in [0.2, 0.25) is 5.91 Å². The number of aliphatic carboxylic acids is 1. The number of hydrogen-bond donors (Lipinski definition) is 4. The Labute approximate surface area is 218 Å². The molecule has 4 N–H and O–H groups in total. The van der Waals surface area contributed by atoms with Gasteiger partial charge in [-0.05, 0) is 67.3 Å². The van der Waals surface area contributed by atoms with Crippen LogP contribution in [0.5, 0.6) is 0 Å². The van der Waals surface area contributed by atoms with Gasteiger partial charge < -0.3 is 25.5 Å². The van der Waals surface area contributed by atoms with Gasteiger partial charge in [-0.1, -0.05) is 30.1 Å². The van der Waals surface area contributed by atoms with Crippen LogP contribution in [0.15, 0.2) is 41.0 Å². The molecule has 1 aliphatic heterocycles. The fourth-order valence-corrected chi connectivity index (χ4v) is 4.47. The minimum atomic E-state index is -1.38. The first-order valence-corrected chi connectivity index (χ1v) is 12.2. The van der Waals surface area contributed by atoms with Crippen LogP contribution in [0.2, 0.25) is 10.0 Å². The summed E-state index contributed by atoms with van der Waals surface area (Å²) in [4.78, 5) is 48.8. The van der Waals surface area contributed by atoms with Crippen LogP contribution in [0.3, 0.4) is 0 Å². The molecule has 1 aliphatic rings. The molecule has 0 aliphatic carbocycles. The molecule has 0 radical (unpaired) electrons. The number of furan rings is 1. The van der Waals surface area contributed by atoms with Crippen molar-refractivity contribution in [3.63, 3.8) is 0 Å². The standard InChI is InChI=1S/C25H27Cl2N3O6/c1-14-9-20(28-12-14)23(32)29-13-21(25(34)35)30-24(33)22-18(26)10-15(11-19(22)27)4-5-16(31)6-7-17-3-2-8-36-17/h2-3,6-8,10-11,14,20-21,28H,4-5,9,12-13H2,1H3,(H,29,32)(H,30,33)(H,34,35)/b7-6+/t14-,20-,21+/m1/s1. The highest BCUT2D eigenvalue weighted by Gasteiger charge is 2.29. The fourth-order valence-electron chi connectivity index (χ4n) is 3.77. The number of amides is 2. The quantitative estimate of drug-likeness (QED) is 0.324. The van der Waals surface area contributed by atoms with E-state index in [9.17, 15) is 24.3 Å². The fraction of sp³-hybridized carbons (Fsp3) is 0.360. The van der Waals surface area contributed by atoms with Crippen LogP contribution in [0.25, 0.3) is 6.08 Å². The first kappa shape index (κ1) is 27.4. The molecule has 0 saturated carbocycles. The van der Waals surface area contributed by atoms with E-state index in [1.54, 1.807) is 18.2 Å². The lowest BCUT2D eigenvalue weighted by Crippen LogP contribution is -2.51. The molecule has 1 saturated heterocycles. The van der Waals surface area contributed by atoms with Gasteiger partial charge in [-0.3, -0.25) is 14.4 Å². The minimum absolute atomic E-state index is 0.0193. The first-order chi connectivity index (χ1) is 17.1. The van der Waals surface area contributed by atoms with Crippen molar-refractivity contribution in [1.82, 2.24) is 16.0 Å². The number of carboxylic acid groups (broad SMARTS) is 1. The number of carbonyl (C=O) groups excluding carboxylic acids is 3. The van der Waals surface area contributed by atoms with Gasteiger partial charge in [0.15, 0.2) is 5.78 Å². The van der Waals surface area contributed by atoms with Crippen molar-refractivity contribution in [3.8, 4) is 0 Å². The molecule has 0 bridgehead atoms. The van der Waals surface area contributed by atoms with Crippen LogP contribution in [0.1, 0.15) is 41.4 Å². The smallest absolute Gasteiger partial charge is 0.328 e. The maximum absolute atomic E-state index is 12.8. The third-order valence-corrected chi connectivity index (χ3v) is 6.31. The van der Waals surface area contributed by atoms with Crippen molar-refractivity contribution in [2.24, 2.45) is 5.92 Å². The Kier molecular flexibility index (Phi) is 9.69. The second-order valence-electron chi connectivity index (χ2n) is 8.66. The number of nitrogens with one attached hydrogen (secondary N) is 3. The van der Waals surface area contributed by atoms with Gasteiger partial charge in [-0.2, -0.15) is 0 Å².